The second kappa shape index (κ2) is 11.8. The topological polar surface area (TPSA) is 66.8 Å². The van der Waals surface area contributed by atoms with E-state index in [9.17, 15) is 9.90 Å². The van der Waals surface area contributed by atoms with Crippen molar-refractivity contribution in [3.63, 3.8) is 0 Å². The van der Waals surface area contributed by atoms with Gasteiger partial charge in [0.2, 0.25) is 0 Å². The fraction of sp³-hybridized carbons (Fsp3) is 0.839. The maximum atomic E-state index is 10.2. The van der Waals surface area contributed by atoms with E-state index in [1.165, 1.54) is 63.9 Å². The minimum absolute atomic E-state index is 0.0648. The summed E-state index contributed by atoms with van der Waals surface area (Å²) in [5, 5.41) is 18.0. The Labute approximate surface area is 214 Å². The first-order chi connectivity index (χ1) is 16.5. The van der Waals surface area contributed by atoms with Crippen LogP contribution in [0.4, 0.5) is 4.79 Å². The van der Waals surface area contributed by atoms with Crippen LogP contribution in [-0.4, -0.2) is 29.1 Å². The molecule has 3 fully saturated rings. The molecule has 35 heavy (non-hydrogen) atoms. The zero-order valence-corrected chi connectivity index (χ0v) is 23.1. The summed E-state index contributed by atoms with van der Waals surface area (Å²) in [7, 11) is 0. The van der Waals surface area contributed by atoms with Crippen LogP contribution in [-0.2, 0) is 4.74 Å². The van der Waals surface area contributed by atoms with E-state index >= 15 is 0 Å². The largest absolute Gasteiger partial charge is 0.506 e. The zero-order valence-electron chi connectivity index (χ0n) is 23.1. The van der Waals surface area contributed by atoms with Crippen molar-refractivity contribution in [3.8, 4) is 0 Å². The van der Waals surface area contributed by atoms with E-state index in [1.807, 2.05) is 0 Å². The molecule has 0 aromatic carbocycles. The Morgan fingerprint density at radius 3 is 2.51 bits per heavy atom. The normalized spacial score (nSPS) is 38.7. The van der Waals surface area contributed by atoms with Crippen LogP contribution in [0.15, 0.2) is 24.3 Å². The standard InChI is InChI=1S/C27H46O.C4H6O3/c1-18(2)7-6-8-19(3)23-11-12-24-22-10-9-20-17-21(28)13-15-26(20,4)25(22)14-16-27(23,24)5;1-2-3-7-4(5)6/h9,18-19,21-25,28H,6-8,10-17H2,1-5H3;2H,1,3H2,(H,5,6)/t19-,21+,22+,23-,24+,25+,26+,27-;/m1./s1. The van der Waals surface area contributed by atoms with E-state index in [-0.39, 0.29) is 12.7 Å². The van der Waals surface area contributed by atoms with E-state index in [1.54, 1.807) is 5.57 Å². The van der Waals surface area contributed by atoms with E-state index in [0.717, 1.165) is 48.3 Å². The van der Waals surface area contributed by atoms with Gasteiger partial charge in [-0.2, -0.15) is 0 Å². The summed E-state index contributed by atoms with van der Waals surface area (Å²) in [4.78, 5) is 9.49. The molecule has 0 unspecified atom stereocenters. The van der Waals surface area contributed by atoms with E-state index in [4.69, 9.17) is 5.11 Å². The van der Waals surface area contributed by atoms with Crippen molar-refractivity contribution in [1.82, 2.24) is 0 Å². The summed E-state index contributed by atoms with van der Waals surface area (Å²) in [6.07, 6.45) is 17.3. The van der Waals surface area contributed by atoms with Crippen molar-refractivity contribution in [2.24, 2.45) is 46.3 Å². The van der Waals surface area contributed by atoms with Gasteiger partial charge in [-0.05, 0) is 97.7 Å². The van der Waals surface area contributed by atoms with Crippen molar-refractivity contribution < 1.29 is 19.7 Å². The Bertz CT molecular complexity index is 757. The second-order valence-electron chi connectivity index (χ2n) is 13.1. The first-order valence-corrected chi connectivity index (χ1v) is 14.4. The van der Waals surface area contributed by atoms with Crippen LogP contribution >= 0.6 is 0 Å². The lowest BCUT2D eigenvalue weighted by Crippen LogP contribution is -2.50. The average Bonchev–Trinajstić information content (AvgIpc) is 3.15. The van der Waals surface area contributed by atoms with Gasteiger partial charge >= 0.3 is 6.16 Å². The molecule has 0 aliphatic heterocycles. The van der Waals surface area contributed by atoms with Gasteiger partial charge in [0.1, 0.15) is 6.61 Å². The Kier molecular flexibility index (Phi) is 9.57. The highest BCUT2D eigenvalue weighted by Crippen LogP contribution is 2.67. The Morgan fingerprint density at radius 1 is 1.14 bits per heavy atom. The molecule has 4 aliphatic rings. The van der Waals surface area contributed by atoms with Gasteiger partial charge in [-0.15, -0.1) is 0 Å². The average molecular weight is 489 g/mol. The lowest BCUT2D eigenvalue weighted by atomic mass is 9.47. The number of hydrogen-bond donors (Lipinski definition) is 2. The first-order valence-electron chi connectivity index (χ1n) is 14.4. The molecule has 0 radical (unpaired) electrons. The van der Waals surface area contributed by atoms with Gasteiger partial charge in [0.15, 0.2) is 0 Å². The number of carbonyl (C=O) groups is 1. The summed E-state index contributed by atoms with van der Waals surface area (Å²) < 4.78 is 3.99. The molecule has 0 aromatic rings. The fourth-order valence-electron chi connectivity index (χ4n) is 8.80. The number of allylic oxidation sites excluding steroid dienone is 1. The third-order valence-corrected chi connectivity index (χ3v) is 10.6. The molecule has 0 bridgehead atoms. The Hall–Kier alpha value is -1.29. The summed E-state index contributed by atoms with van der Waals surface area (Å²) in [5.41, 5.74) is 2.60. The van der Waals surface area contributed by atoms with E-state index < -0.39 is 6.16 Å². The molecule has 3 saturated carbocycles. The molecule has 0 aromatic heterocycles. The van der Waals surface area contributed by atoms with E-state index in [0.29, 0.717) is 10.8 Å². The van der Waals surface area contributed by atoms with Gasteiger partial charge in [0.05, 0.1) is 6.10 Å². The first kappa shape index (κ1) is 28.3. The molecule has 8 atom stereocenters. The Balaban J connectivity index is 0.000000429. The summed E-state index contributed by atoms with van der Waals surface area (Å²) >= 11 is 0. The molecule has 0 heterocycles. The van der Waals surface area contributed by atoms with E-state index in [2.05, 4.69) is 52.0 Å². The summed E-state index contributed by atoms with van der Waals surface area (Å²) in [6.45, 7) is 15.9. The third kappa shape index (κ3) is 6.17. The molecule has 0 spiro atoms. The van der Waals surface area contributed by atoms with Crippen LogP contribution in [0.3, 0.4) is 0 Å². The molecule has 4 rings (SSSR count). The zero-order chi connectivity index (χ0) is 25.8. The van der Waals surface area contributed by atoms with Gasteiger partial charge in [-0.25, -0.2) is 4.79 Å². The van der Waals surface area contributed by atoms with Crippen LogP contribution in [0.1, 0.15) is 105 Å². The molecule has 4 aliphatic carbocycles. The lowest BCUT2D eigenvalue weighted by molar-refractivity contribution is -0.0573. The maximum absolute atomic E-state index is 10.2. The van der Waals surface area contributed by atoms with Crippen LogP contribution in [0.25, 0.3) is 0 Å². The predicted octanol–water partition coefficient (Wildman–Crippen LogP) is 8.26. The molecule has 4 nitrogen and oxygen atoms in total. The number of hydrogen-bond acceptors (Lipinski definition) is 3. The molecule has 200 valence electrons. The van der Waals surface area contributed by atoms with Crippen molar-refractivity contribution in [2.75, 3.05) is 6.61 Å². The minimum atomic E-state index is -1.26. The molecular formula is C31H52O4. The fourth-order valence-corrected chi connectivity index (χ4v) is 8.80. The highest BCUT2D eigenvalue weighted by atomic mass is 16.7. The predicted molar refractivity (Wildman–Crippen MR) is 143 cm³/mol. The molecule has 2 N–H and O–H groups in total. The molecule has 4 heteroatoms. The smallest absolute Gasteiger partial charge is 0.450 e. The van der Waals surface area contributed by atoms with Gasteiger partial charge in [0, 0.05) is 0 Å². The van der Waals surface area contributed by atoms with Gasteiger partial charge in [-0.1, -0.05) is 78.2 Å². The molecule has 0 saturated heterocycles. The third-order valence-electron chi connectivity index (χ3n) is 10.6. The van der Waals surface area contributed by atoms with Crippen LogP contribution in [0, 0.1) is 46.3 Å². The van der Waals surface area contributed by atoms with Crippen LogP contribution in [0.5, 0.6) is 0 Å². The number of carboxylic acid groups (broad SMARTS) is 1. The number of rotatable bonds is 7. The molecule has 0 amide bonds. The highest BCUT2D eigenvalue weighted by Gasteiger charge is 2.59. The minimum Gasteiger partial charge on any atom is -0.450 e. The Morgan fingerprint density at radius 2 is 1.89 bits per heavy atom. The van der Waals surface area contributed by atoms with Crippen molar-refractivity contribution in [3.05, 3.63) is 24.3 Å². The van der Waals surface area contributed by atoms with Crippen LogP contribution < -0.4 is 0 Å². The maximum Gasteiger partial charge on any atom is 0.506 e. The lowest BCUT2D eigenvalue weighted by Gasteiger charge is -2.58. The SMILES string of the molecule is C=CCOC(=O)O.CC(C)CCC[C@@H](C)[C@H]1CC[C@H]2[C@@H]3CC=C4C[C@@H](O)CC[C@]4(C)[C@H]3CC[C@]12C. The van der Waals surface area contributed by atoms with Gasteiger partial charge < -0.3 is 14.9 Å². The highest BCUT2D eigenvalue weighted by molar-refractivity contribution is 5.56. The number of ether oxygens (including phenoxy) is 1. The second-order valence-corrected chi connectivity index (χ2v) is 13.1. The van der Waals surface area contributed by atoms with Crippen molar-refractivity contribution >= 4 is 6.16 Å². The van der Waals surface area contributed by atoms with Gasteiger partial charge in [0.25, 0.3) is 0 Å². The number of aliphatic hydroxyl groups is 1. The van der Waals surface area contributed by atoms with Gasteiger partial charge in [-0.3, -0.25) is 0 Å². The monoisotopic (exact) mass is 488 g/mol. The number of aliphatic hydroxyl groups excluding tert-OH is 1. The van der Waals surface area contributed by atoms with Crippen molar-refractivity contribution in [1.29, 1.82) is 0 Å². The quantitative estimate of drug-likeness (QED) is 0.279. The summed E-state index contributed by atoms with van der Waals surface area (Å²) in [6, 6.07) is 0. The molecular weight excluding hydrogens is 436 g/mol. The summed E-state index contributed by atoms with van der Waals surface area (Å²) in [5.74, 6) is 5.46. The van der Waals surface area contributed by atoms with Crippen LogP contribution in [0.2, 0.25) is 0 Å². The number of fused-ring (bicyclic) bond motifs is 5. The van der Waals surface area contributed by atoms with Crippen molar-refractivity contribution in [2.45, 2.75) is 111 Å².